The number of phenolic OH excluding ortho intramolecular Hbond substituents is 1. The Bertz CT molecular complexity index is 8010. The number of ether oxygens (including phenoxy) is 7. The number of imidazole rings is 3. The highest BCUT2D eigenvalue weighted by Crippen LogP contribution is 2.46. The Labute approximate surface area is 856 Å². The molecule has 8 aromatic carbocycles. The monoisotopic (exact) mass is 2020 g/mol. The molecule has 2 aliphatic carbocycles. The van der Waals surface area contributed by atoms with E-state index in [4.69, 9.17) is 64.9 Å². The first kappa shape index (κ1) is 98.7. The molecule has 4 aliphatic heterocycles. The van der Waals surface area contributed by atoms with E-state index >= 15 is 0 Å². The maximum atomic E-state index is 11.8. The number of aromatic hydroxyl groups is 1. The predicted molar refractivity (Wildman–Crippen MR) is 572 cm³/mol. The highest BCUT2D eigenvalue weighted by Gasteiger charge is 2.36. The quantitative estimate of drug-likeness (QED) is 0.0461. The molecule has 13 heterocycles. The Morgan fingerprint density at radius 2 is 0.980 bits per heavy atom. The minimum atomic E-state index is -3.50. The highest BCUT2D eigenvalue weighted by atomic mass is 35.5. The molecule has 0 radical (unpaired) electrons. The molecule has 1 amide bonds. The van der Waals surface area contributed by atoms with Gasteiger partial charge in [-0.3, -0.25) is 10.0 Å². The van der Waals surface area contributed by atoms with Gasteiger partial charge in [-0.05, 0) is 234 Å². The van der Waals surface area contributed by atoms with Crippen molar-refractivity contribution in [3.63, 3.8) is 0 Å². The Morgan fingerprint density at radius 3 is 1.50 bits per heavy atom. The fourth-order valence-corrected chi connectivity index (χ4v) is 20.7. The molecule has 17 aromatic rings. The SMILES string of the molecule is CN(C)Cc1nc2c(c(N3CCOc4ccc(-c5cnc(Cl)c(NS(C)(=O)=O)c5)cc4C3)n1)CC(C)(C)CC2.COC(=O)Nc1nc2ccc(-c3ccc4c(c3)CN(c3nc(CN(C)C)nc5c3CC(C)(C)CC5)CCO4)cc2[nH]1.COc1c(O)ccc2c(N3CCOc4ccc(-c5ccc6nc(C)[nH]c6c5)cc4C3)ncnc12.COc1ccc2c(N3CCOc4ccc(-c5cnc6nc[nH]c6c5)cc4C3)nc(C)nc2c1. The summed E-state index contributed by atoms with van der Waals surface area (Å²) in [7, 11) is 9.19. The number of carbonyl (C=O) groups is 1. The van der Waals surface area contributed by atoms with Gasteiger partial charge in [-0.1, -0.05) is 75.7 Å². The minimum Gasteiger partial charge on any atom is -0.504 e. The smallest absolute Gasteiger partial charge is 0.413 e. The van der Waals surface area contributed by atoms with Crippen LogP contribution in [0.15, 0.2) is 177 Å². The van der Waals surface area contributed by atoms with Gasteiger partial charge in [0.05, 0.1) is 112 Å². The molecule has 6 aliphatic rings. The largest absolute Gasteiger partial charge is 0.504 e. The fourth-order valence-electron chi connectivity index (χ4n) is 19.9. The number of methoxy groups -OCH3 is 3. The van der Waals surface area contributed by atoms with E-state index in [0.29, 0.717) is 102 Å². The summed E-state index contributed by atoms with van der Waals surface area (Å²) in [4.78, 5) is 94.9. The van der Waals surface area contributed by atoms with Crippen LogP contribution in [0.5, 0.6) is 40.2 Å². The maximum Gasteiger partial charge on any atom is 0.413 e. The molecule has 0 spiro atoms. The second-order valence-corrected chi connectivity index (χ2v) is 42.0. The first-order chi connectivity index (χ1) is 70.8. The van der Waals surface area contributed by atoms with E-state index in [2.05, 4.69) is 208 Å². The average Bonchev–Trinajstić information content (AvgIpc) is 1.71. The molecule has 35 nitrogen and oxygen atoms in total. The summed E-state index contributed by atoms with van der Waals surface area (Å²) < 4.78 is 66.0. The number of H-pyrrole nitrogens is 3. The molecule has 0 atom stereocenters. The zero-order valence-corrected chi connectivity index (χ0v) is 86.3. The molecule has 756 valence electrons. The van der Waals surface area contributed by atoms with Crippen molar-refractivity contribution in [2.45, 2.75) is 119 Å². The zero-order valence-electron chi connectivity index (χ0n) is 84.7. The van der Waals surface area contributed by atoms with E-state index in [1.165, 1.54) is 37.4 Å². The minimum absolute atomic E-state index is 0.0540. The van der Waals surface area contributed by atoms with Crippen molar-refractivity contribution in [3.05, 3.63) is 250 Å². The first-order valence-electron chi connectivity index (χ1n) is 49.0. The average molecular weight is 2020 g/mol. The summed E-state index contributed by atoms with van der Waals surface area (Å²) in [6.45, 7) is 22.3. The number of aryl methyl sites for hydroxylation is 4. The van der Waals surface area contributed by atoms with E-state index in [1.54, 1.807) is 31.8 Å². The maximum absolute atomic E-state index is 11.8. The number of aromatic amines is 3. The zero-order chi connectivity index (χ0) is 102. The lowest BCUT2D eigenvalue weighted by Gasteiger charge is -2.34. The van der Waals surface area contributed by atoms with E-state index in [9.17, 15) is 18.3 Å². The third kappa shape index (κ3) is 22.1. The van der Waals surface area contributed by atoms with Crippen LogP contribution in [0, 0.1) is 24.7 Å². The van der Waals surface area contributed by atoms with Gasteiger partial charge in [0.1, 0.15) is 114 Å². The van der Waals surface area contributed by atoms with Crippen LogP contribution in [0.2, 0.25) is 5.15 Å². The van der Waals surface area contributed by atoms with Crippen molar-refractivity contribution in [2.75, 3.05) is 138 Å². The Morgan fingerprint density at radius 1 is 0.497 bits per heavy atom. The third-order valence-corrected chi connectivity index (χ3v) is 27.9. The van der Waals surface area contributed by atoms with Crippen molar-refractivity contribution in [3.8, 4) is 84.8 Å². The number of nitrogens with zero attached hydrogens (tertiary/aromatic N) is 19. The Hall–Kier alpha value is -15.7. The number of halogens is 1. The van der Waals surface area contributed by atoms with E-state index in [0.717, 1.165) is 250 Å². The number of pyridine rings is 2. The van der Waals surface area contributed by atoms with Crippen LogP contribution >= 0.6 is 11.6 Å². The number of hydrogen-bond donors (Lipinski definition) is 6. The molecule has 37 heteroatoms. The number of amides is 1. The summed E-state index contributed by atoms with van der Waals surface area (Å²) in [6.07, 6.45) is 13.3. The molecule has 0 fully saturated rings. The van der Waals surface area contributed by atoms with Gasteiger partial charge in [0.25, 0.3) is 0 Å². The lowest BCUT2D eigenvalue weighted by atomic mass is 9.76. The van der Waals surface area contributed by atoms with Crippen LogP contribution in [0.3, 0.4) is 0 Å². The van der Waals surface area contributed by atoms with Gasteiger partial charge in [0, 0.05) is 111 Å². The molecular formula is C110H117ClN24O11S. The molecular weight excluding hydrogens is 1900 g/mol. The number of rotatable bonds is 17. The number of hydrogen-bond acceptors (Lipinski definition) is 30. The number of aromatic nitrogens is 16. The highest BCUT2D eigenvalue weighted by molar-refractivity contribution is 7.92. The van der Waals surface area contributed by atoms with Crippen LogP contribution in [-0.4, -0.2) is 218 Å². The van der Waals surface area contributed by atoms with Crippen molar-refractivity contribution < 1.29 is 51.5 Å². The number of fused-ring (bicyclic) bond motifs is 11. The molecule has 23 rings (SSSR count). The lowest BCUT2D eigenvalue weighted by molar-refractivity contribution is 0.186. The van der Waals surface area contributed by atoms with Crippen LogP contribution < -0.4 is 58.1 Å². The van der Waals surface area contributed by atoms with Gasteiger partial charge < -0.3 is 82.6 Å². The number of sulfonamides is 1. The number of benzene rings is 8. The Kier molecular flexibility index (Phi) is 27.8. The van der Waals surface area contributed by atoms with E-state index in [-0.39, 0.29) is 27.4 Å². The molecule has 0 saturated carbocycles. The van der Waals surface area contributed by atoms with Crippen molar-refractivity contribution in [2.24, 2.45) is 10.8 Å². The lowest BCUT2D eigenvalue weighted by Crippen LogP contribution is -2.32. The second kappa shape index (κ2) is 41.5. The van der Waals surface area contributed by atoms with Crippen molar-refractivity contribution >= 4 is 118 Å². The molecule has 0 bridgehead atoms. The summed E-state index contributed by atoms with van der Waals surface area (Å²) in [5, 5.41) is 14.7. The van der Waals surface area contributed by atoms with Gasteiger partial charge in [-0.15, -0.1) is 0 Å². The summed E-state index contributed by atoms with van der Waals surface area (Å²) in [5.74, 6) is 12.1. The Balaban J connectivity index is 0.000000119. The van der Waals surface area contributed by atoms with Crippen LogP contribution in [-0.2, 0) is 79.7 Å². The van der Waals surface area contributed by atoms with Crippen LogP contribution in [0.1, 0.15) is 109 Å². The summed E-state index contributed by atoms with van der Waals surface area (Å²) in [6, 6.07) is 50.3. The van der Waals surface area contributed by atoms with Gasteiger partial charge in [-0.2, -0.15) is 0 Å². The number of anilines is 6. The van der Waals surface area contributed by atoms with Gasteiger partial charge >= 0.3 is 6.09 Å². The van der Waals surface area contributed by atoms with Gasteiger partial charge in [0.15, 0.2) is 22.3 Å². The predicted octanol–water partition coefficient (Wildman–Crippen LogP) is 18.6. The van der Waals surface area contributed by atoms with Gasteiger partial charge in [0.2, 0.25) is 16.0 Å². The molecule has 147 heavy (non-hydrogen) atoms. The first-order valence-corrected chi connectivity index (χ1v) is 51.3. The normalized spacial score (nSPS) is 15.1. The molecule has 9 aromatic heterocycles. The number of phenols is 1. The topological polar surface area (TPSA) is 394 Å². The van der Waals surface area contributed by atoms with Crippen molar-refractivity contribution in [1.82, 2.24) is 89.5 Å². The second-order valence-electron chi connectivity index (χ2n) is 39.9. The summed E-state index contributed by atoms with van der Waals surface area (Å²) in [5.41, 5.74) is 24.6. The fraction of sp³-hybridized carbons (Fsp3) is 0.327. The van der Waals surface area contributed by atoms with Gasteiger partial charge in [-0.25, -0.2) is 78.0 Å². The summed E-state index contributed by atoms with van der Waals surface area (Å²) >= 11 is 6.16. The molecule has 0 saturated heterocycles. The standard InChI is InChI=1S/C31H37N7O3.C28H35ClN6O3S.C26H23N5O3.C25H22N6O2/c1-31(2)11-10-23-22(16-31)28(35-27(32-23)18-37(3)4)38-12-13-41-26-9-7-19(14-21(26)17-38)20-6-8-24-25(15-20)34-29(33-24)36-30(39)40-5;1-28(2)9-8-22-21(14-28)27(32-25(31-22)17-34(3)4)35-10-11-38-24-7-6-18(12-20(24)16-35)19-13-23(26(29)30-15-19)33-39(5,36)37;1-15-29-20-6-3-17(12-21(20)30-15)16-4-8-23-18(11-16)13-31(9-10-34-23)26-19-5-7-22(32)25(33-2)24(19)27-14-28-26;1-15-29-21-11-19(32-2)4-5-20(21)25(30-15)31-7-8-33-23-6-3-16(9-18(23)13-31)17-10-22-24(26-12-17)28-14-27-22/h6-9,14-15H,10-13,16-18H2,1-5H3,(H2,33,34,36,39);6-7,12-13,15,33H,8-11,14,16-17H2,1-5H3;3-8,11-12,14,32H,9-10,13H2,1-2H3,(H,29,30);3-6,9-12,14H,7-8,13H2,1-2H3,(H,26,27,28). The number of carbonyl (C=O) groups excluding carboxylic acids is 1. The van der Waals surface area contributed by atoms with E-state index < -0.39 is 16.1 Å². The van der Waals surface area contributed by atoms with Crippen LogP contribution in [0.4, 0.5) is 39.7 Å². The third-order valence-electron chi connectivity index (χ3n) is 27.0. The molecule has 0 unspecified atom stereocenters. The van der Waals surface area contributed by atoms with Crippen molar-refractivity contribution in [1.29, 1.82) is 0 Å². The molecule has 6 N–H and O–H groups in total. The number of nitrogens with one attached hydrogen (secondary N) is 5. The van der Waals surface area contributed by atoms with Crippen LogP contribution in [0.25, 0.3) is 99.5 Å². The van der Waals surface area contributed by atoms with E-state index in [1.807, 2.05) is 107 Å².